The lowest BCUT2D eigenvalue weighted by Crippen LogP contribution is -2.42. The van der Waals surface area contributed by atoms with Crippen LogP contribution in [0.5, 0.6) is 0 Å². The summed E-state index contributed by atoms with van der Waals surface area (Å²) in [5.74, 6) is -0.494. The molecule has 1 unspecified atom stereocenters. The predicted octanol–water partition coefficient (Wildman–Crippen LogP) is 1.70. The molecule has 6 heteroatoms. The zero-order valence-corrected chi connectivity index (χ0v) is 11.7. The Hall–Kier alpha value is -1.30. The monoisotopic (exact) mass is 260 g/mol. The number of nitrogens with zero attached hydrogens (tertiary/aromatic N) is 1. The van der Waals surface area contributed by atoms with E-state index in [9.17, 15) is 9.59 Å². The fraction of sp³-hybridized carbons (Fsp3) is 0.833. The number of hydrogen-bond donors (Lipinski definition) is 1. The summed E-state index contributed by atoms with van der Waals surface area (Å²) in [6, 6.07) is -0.393. The van der Waals surface area contributed by atoms with E-state index in [1.807, 2.05) is 31.2 Å². The summed E-state index contributed by atoms with van der Waals surface area (Å²) in [5, 5.41) is 0. The molecule has 0 heterocycles. The third-order valence-electron chi connectivity index (χ3n) is 2.67. The van der Waals surface area contributed by atoms with Crippen LogP contribution in [0.1, 0.15) is 40.5 Å². The maximum absolute atomic E-state index is 11.6. The zero-order valence-electron chi connectivity index (χ0n) is 11.7. The molecule has 0 fully saturated rings. The fourth-order valence-electron chi connectivity index (χ4n) is 1.44. The molecule has 1 amide bonds. The molecular weight excluding hydrogens is 236 g/mol. The van der Waals surface area contributed by atoms with Gasteiger partial charge in [0.15, 0.2) is 0 Å². The topological polar surface area (TPSA) is 67.9 Å². The van der Waals surface area contributed by atoms with Crippen LogP contribution in [0.15, 0.2) is 0 Å². The highest BCUT2D eigenvalue weighted by Crippen LogP contribution is 2.00. The van der Waals surface area contributed by atoms with Gasteiger partial charge in [-0.15, -0.1) is 5.48 Å². The van der Waals surface area contributed by atoms with Gasteiger partial charge in [-0.25, -0.2) is 9.59 Å². The van der Waals surface area contributed by atoms with Crippen LogP contribution in [0.4, 0.5) is 4.79 Å². The van der Waals surface area contributed by atoms with E-state index in [0.717, 1.165) is 25.9 Å². The van der Waals surface area contributed by atoms with E-state index in [4.69, 9.17) is 4.74 Å². The maximum Gasteiger partial charge on any atom is 0.440 e. The first-order valence-corrected chi connectivity index (χ1v) is 6.44. The number of unbranched alkanes of at least 4 members (excludes halogenated alkanes) is 1. The van der Waals surface area contributed by atoms with Crippen molar-refractivity contribution in [1.29, 1.82) is 0 Å². The van der Waals surface area contributed by atoms with E-state index in [0.29, 0.717) is 6.61 Å². The van der Waals surface area contributed by atoms with Crippen LogP contribution in [0.2, 0.25) is 0 Å². The van der Waals surface area contributed by atoms with Crippen LogP contribution in [0.3, 0.4) is 0 Å². The molecule has 0 saturated heterocycles. The average Bonchev–Trinajstić information content (AvgIpc) is 2.37. The van der Waals surface area contributed by atoms with Crippen molar-refractivity contribution < 1.29 is 19.2 Å². The van der Waals surface area contributed by atoms with Crippen molar-refractivity contribution >= 4 is 12.1 Å². The van der Waals surface area contributed by atoms with Gasteiger partial charge in [-0.2, -0.15) is 0 Å². The van der Waals surface area contributed by atoms with Crippen molar-refractivity contribution in [3.63, 3.8) is 0 Å². The molecule has 0 radical (unpaired) electrons. The standard InChI is InChI=1S/C12H24N2O4/c1-5-8-9-17-12(16)13-18-11(15)10(4)14(6-2)7-3/h10H,5-9H2,1-4H3,(H,13,16). The van der Waals surface area contributed by atoms with Crippen molar-refractivity contribution in [3.05, 3.63) is 0 Å². The molecule has 1 N–H and O–H groups in total. The highest BCUT2D eigenvalue weighted by Gasteiger charge is 2.21. The van der Waals surface area contributed by atoms with Gasteiger partial charge >= 0.3 is 12.1 Å². The van der Waals surface area contributed by atoms with Crippen LogP contribution in [0.25, 0.3) is 0 Å². The predicted molar refractivity (Wildman–Crippen MR) is 67.9 cm³/mol. The molecule has 6 nitrogen and oxygen atoms in total. The second kappa shape index (κ2) is 9.70. The quantitative estimate of drug-likeness (QED) is 0.557. The Bertz CT molecular complexity index is 254. The van der Waals surface area contributed by atoms with Crippen molar-refractivity contribution in [2.24, 2.45) is 0 Å². The van der Waals surface area contributed by atoms with E-state index >= 15 is 0 Å². The number of likely N-dealkylation sites (N-methyl/N-ethyl adjacent to an activating group) is 1. The lowest BCUT2D eigenvalue weighted by atomic mass is 10.3. The van der Waals surface area contributed by atoms with Crippen molar-refractivity contribution in [1.82, 2.24) is 10.4 Å². The van der Waals surface area contributed by atoms with Gasteiger partial charge in [0, 0.05) is 0 Å². The number of nitrogens with one attached hydrogen (secondary N) is 1. The average molecular weight is 260 g/mol. The number of amides is 1. The minimum atomic E-state index is -0.733. The van der Waals surface area contributed by atoms with Gasteiger partial charge in [0.25, 0.3) is 0 Å². The first-order valence-electron chi connectivity index (χ1n) is 6.44. The van der Waals surface area contributed by atoms with E-state index in [-0.39, 0.29) is 0 Å². The summed E-state index contributed by atoms with van der Waals surface area (Å²) >= 11 is 0. The molecule has 0 aromatic rings. The zero-order chi connectivity index (χ0) is 14.0. The molecule has 0 spiro atoms. The molecule has 0 aromatic carbocycles. The molecule has 1 atom stereocenters. The number of hydrogen-bond acceptors (Lipinski definition) is 5. The molecule has 0 aliphatic rings. The molecule has 0 aliphatic heterocycles. The van der Waals surface area contributed by atoms with E-state index in [1.165, 1.54) is 0 Å². The molecule has 0 saturated carbocycles. The minimum absolute atomic E-state index is 0.325. The lowest BCUT2D eigenvalue weighted by molar-refractivity contribution is -0.155. The Morgan fingerprint density at radius 1 is 1.22 bits per heavy atom. The first-order chi connectivity index (χ1) is 8.56. The second-order valence-corrected chi connectivity index (χ2v) is 3.91. The number of hydroxylamine groups is 1. The number of rotatable bonds is 7. The lowest BCUT2D eigenvalue weighted by Gasteiger charge is -2.23. The van der Waals surface area contributed by atoms with Gasteiger partial charge in [0.2, 0.25) is 0 Å². The van der Waals surface area contributed by atoms with Crippen molar-refractivity contribution in [2.45, 2.75) is 46.6 Å². The first kappa shape index (κ1) is 16.7. The summed E-state index contributed by atoms with van der Waals surface area (Å²) in [5.41, 5.74) is 1.99. The normalized spacial score (nSPS) is 12.1. The van der Waals surface area contributed by atoms with Crippen LogP contribution in [0, 0.1) is 0 Å². The summed E-state index contributed by atoms with van der Waals surface area (Å²) in [6.07, 6.45) is 0.993. The summed E-state index contributed by atoms with van der Waals surface area (Å²) < 4.78 is 4.78. The molecule has 0 bridgehead atoms. The van der Waals surface area contributed by atoms with Gasteiger partial charge in [0.05, 0.1) is 6.61 Å². The molecule has 106 valence electrons. The third-order valence-corrected chi connectivity index (χ3v) is 2.67. The summed E-state index contributed by atoms with van der Waals surface area (Å²) in [4.78, 5) is 29.3. The second-order valence-electron chi connectivity index (χ2n) is 3.91. The Morgan fingerprint density at radius 3 is 2.33 bits per heavy atom. The van der Waals surface area contributed by atoms with Crippen molar-refractivity contribution in [2.75, 3.05) is 19.7 Å². The van der Waals surface area contributed by atoms with Crippen LogP contribution < -0.4 is 5.48 Å². The van der Waals surface area contributed by atoms with Gasteiger partial charge in [-0.05, 0) is 26.4 Å². The number of ether oxygens (including phenoxy) is 1. The van der Waals surface area contributed by atoms with E-state index in [2.05, 4.69) is 4.84 Å². The van der Waals surface area contributed by atoms with Crippen LogP contribution in [-0.4, -0.2) is 42.7 Å². The van der Waals surface area contributed by atoms with Gasteiger partial charge in [-0.1, -0.05) is 27.2 Å². The SMILES string of the molecule is CCCCOC(=O)NOC(=O)C(C)N(CC)CC. The highest BCUT2D eigenvalue weighted by molar-refractivity contribution is 5.77. The molecule has 0 aliphatic carbocycles. The third kappa shape index (κ3) is 6.44. The number of carbonyl (C=O) groups is 2. The summed E-state index contributed by atoms with van der Waals surface area (Å²) in [7, 11) is 0. The molecule has 18 heavy (non-hydrogen) atoms. The van der Waals surface area contributed by atoms with Crippen LogP contribution >= 0.6 is 0 Å². The van der Waals surface area contributed by atoms with Crippen LogP contribution in [-0.2, 0) is 14.4 Å². The Balaban J connectivity index is 3.91. The van der Waals surface area contributed by atoms with Gasteiger partial charge in [-0.3, -0.25) is 4.90 Å². The smallest absolute Gasteiger partial charge is 0.440 e. The highest BCUT2D eigenvalue weighted by atomic mass is 16.7. The largest absolute Gasteiger partial charge is 0.447 e. The van der Waals surface area contributed by atoms with Gasteiger partial charge in [0.1, 0.15) is 6.04 Å². The van der Waals surface area contributed by atoms with Crippen molar-refractivity contribution in [3.8, 4) is 0 Å². The van der Waals surface area contributed by atoms with E-state index < -0.39 is 18.1 Å². The Morgan fingerprint density at radius 2 is 1.83 bits per heavy atom. The molecule has 0 rings (SSSR count). The molecule has 0 aromatic heterocycles. The molecular formula is C12H24N2O4. The van der Waals surface area contributed by atoms with E-state index in [1.54, 1.807) is 6.92 Å². The fourth-order valence-corrected chi connectivity index (χ4v) is 1.44. The Kier molecular flexibility index (Phi) is 9.00. The maximum atomic E-state index is 11.6. The van der Waals surface area contributed by atoms with Gasteiger partial charge < -0.3 is 9.57 Å². The Labute approximate surface area is 109 Å². The summed E-state index contributed by atoms with van der Waals surface area (Å²) in [6.45, 7) is 9.46. The minimum Gasteiger partial charge on any atom is -0.447 e. The number of carbonyl (C=O) groups excluding carboxylic acids is 2.